The van der Waals surface area contributed by atoms with E-state index in [-0.39, 0.29) is 5.96 Å². The van der Waals surface area contributed by atoms with Crippen molar-refractivity contribution in [2.75, 3.05) is 13.2 Å². The van der Waals surface area contributed by atoms with E-state index in [2.05, 4.69) is 10.5 Å². The van der Waals surface area contributed by atoms with Crippen LogP contribution in [0.2, 0.25) is 5.02 Å². The molecule has 0 spiro atoms. The molecule has 2 aromatic carbocycles. The number of benzene rings is 2. The van der Waals surface area contributed by atoms with Gasteiger partial charge in [0.2, 0.25) is 5.96 Å². The smallest absolute Gasteiger partial charge is 0.206 e. The lowest BCUT2D eigenvalue weighted by Gasteiger charge is -2.09. The van der Waals surface area contributed by atoms with E-state index < -0.39 is 0 Å². The second-order valence-electron chi connectivity index (χ2n) is 4.84. The first kappa shape index (κ1) is 17.6. The maximum atomic E-state index is 7.00. The second kappa shape index (κ2) is 9.42. The third-order valence-corrected chi connectivity index (χ3v) is 3.21. The molecule has 0 amide bonds. The van der Waals surface area contributed by atoms with Gasteiger partial charge in [0.15, 0.2) is 0 Å². The number of rotatable bonds is 8. The van der Waals surface area contributed by atoms with Crippen molar-refractivity contribution in [2.45, 2.75) is 6.42 Å². The molecule has 0 aromatic heterocycles. The van der Waals surface area contributed by atoms with Crippen LogP contribution in [0, 0.1) is 5.41 Å². The molecule has 2 rings (SSSR count). The van der Waals surface area contributed by atoms with Gasteiger partial charge in [-0.2, -0.15) is 5.10 Å². The van der Waals surface area contributed by atoms with Crippen LogP contribution in [-0.4, -0.2) is 25.4 Å². The van der Waals surface area contributed by atoms with Gasteiger partial charge in [0, 0.05) is 6.42 Å². The number of nitrogens with one attached hydrogen (secondary N) is 2. The molecule has 4 N–H and O–H groups in total. The standard InChI is InChI=1S/C17H19ClN4O2/c18-15-11-13(12-21-22-17(19)20)7-8-16(15)24-10-4-9-23-14-5-2-1-3-6-14/h1-3,5-8,11-12H,4,9-10H2,(H4,19,20,22). The highest BCUT2D eigenvalue weighted by atomic mass is 35.5. The summed E-state index contributed by atoms with van der Waals surface area (Å²) in [5.41, 5.74) is 8.23. The Balaban J connectivity index is 1.74. The molecule has 0 saturated heterocycles. The number of halogens is 1. The summed E-state index contributed by atoms with van der Waals surface area (Å²) in [7, 11) is 0. The summed E-state index contributed by atoms with van der Waals surface area (Å²) in [6.07, 6.45) is 2.27. The molecule has 0 radical (unpaired) electrons. The van der Waals surface area contributed by atoms with Gasteiger partial charge in [0.05, 0.1) is 24.5 Å². The molecule has 2 aromatic rings. The largest absolute Gasteiger partial charge is 0.493 e. The first-order chi connectivity index (χ1) is 11.6. The van der Waals surface area contributed by atoms with Crippen molar-refractivity contribution >= 4 is 23.8 Å². The highest BCUT2D eigenvalue weighted by molar-refractivity contribution is 6.32. The van der Waals surface area contributed by atoms with Gasteiger partial charge < -0.3 is 15.2 Å². The van der Waals surface area contributed by atoms with E-state index in [4.69, 9.17) is 32.2 Å². The summed E-state index contributed by atoms with van der Waals surface area (Å²) in [4.78, 5) is 0. The van der Waals surface area contributed by atoms with Crippen LogP contribution in [0.1, 0.15) is 12.0 Å². The second-order valence-corrected chi connectivity index (χ2v) is 5.24. The highest BCUT2D eigenvalue weighted by Crippen LogP contribution is 2.25. The quantitative estimate of drug-likeness (QED) is 0.296. The van der Waals surface area contributed by atoms with Gasteiger partial charge in [-0.05, 0) is 35.9 Å². The monoisotopic (exact) mass is 346 g/mol. The summed E-state index contributed by atoms with van der Waals surface area (Å²) in [6, 6.07) is 15.0. The zero-order valence-electron chi connectivity index (χ0n) is 13.0. The molecule has 7 heteroatoms. The van der Waals surface area contributed by atoms with Crippen LogP contribution in [-0.2, 0) is 0 Å². The number of hydrazone groups is 1. The molecule has 24 heavy (non-hydrogen) atoms. The summed E-state index contributed by atoms with van der Waals surface area (Å²) < 4.78 is 11.2. The molecule has 0 aliphatic rings. The number of para-hydroxylation sites is 1. The van der Waals surface area contributed by atoms with Crippen LogP contribution >= 0.6 is 11.6 Å². The van der Waals surface area contributed by atoms with Crippen LogP contribution in [0.3, 0.4) is 0 Å². The number of nitrogens with two attached hydrogens (primary N) is 1. The Morgan fingerprint density at radius 2 is 1.92 bits per heavy atom. The Labute approximate surface area is 145 Å². The Kier molecular flexibility index (Phi) is 6.91. The van der Waals surface area contributed by atoms with Crippen LogP contribution < -0.4 is 20.6 Å². The van der Waals surface area contributed by atoms with Gasteiger partial charge in [-0.3, -0.25) is 5.41 Å². The van der Waals surface area contributed by atoms with Crippen LogP contribution in [0.4, 0.5) is 0 Å². The van der Waals surface area contributed by atoms with Crippen LogP contribution in [0.25, 0.3) is 0 Å². The molecule has 0 fully saturated rings. The minimum absolute atomic E-state index is 0.227. The number of hydrogen-bond donors (Lipinski definition) is 3. The van der Waals surface area contributed by atoms with E-state index in [1.54, 1.807) is 12.1 Å². The Bertz CT molecular complexity index is 692. The van der Waals surface area contributed by atoms with Crippen molar-refractivity contribution < 1.29 is 9.47 Å². The average molecular weight is 347 g/mol. The van der Waals surface area contributed by atoms with E-state index in [0.29, 0.717) is 24.0 Å². The first-order valence-corrected chi connectivity index (χ1v) is 7.76. The maximum Gasteiger partial charge on any atom is 0.206 e. The van der Waals surface area contributed by atoms with E-state index in [1.807, 2.05) is 36.4 Å². The van der Waals surface area contributed by atoms with Crippen molar-refractivity contribution in [3.63, 3.8) is 0 Å². The minimum Gasteiger partial charge on any atom is -0.493 e. The average Bonchev–Trinajstić information content (AvgIpc) is 2.57. The summed E-state index contributed by atoms with van der Waals surface area (Å²) >= 11 is 6.17. The van der Waals surface area contributed by atoms with E-state index in [9.17, 15) is 0 Å². The summed E-state index contributed by atoms with van der Waals surface area (Å²) in [5, 5.41) is 11.3. The zero-order valence-corrected chi connectivity index (χ0v) is 13.8. The fourth-order valence-electron chi connectivity index (χ4n) is 1.84. The predicted molar refractivity (Wildman–Crippen MR) is 96.1 cm³/mol. The summed E-state index contributed by atoms with van der Waals surface area (Å²) in [6.45, 7) is 1.08. The van der Waals surface area contributed by atoms with Gasteiger partial charge in [-0.1, -0.05) is 29.8 Å². The fourth-order valence-corrected chi connectivity index (χ4v) is 2.08. The maximum absolute atomic E-state index is 7.00. The molecule has 0 saturated carbocycles. The fraction of sp³-hybridized carbons (Fsp3) is 0.176. The lowest BCUT2D eigenvalue weighted by atomic mass is 10.2. The molecule has 0 aliphatic heterocycles. The van der Waals surface area contributed by atoms with Gasteiger partial charge in [0.1, 0.15) is 11.5 Å². The lowest BCUT2D eigenvalue weighted by molar-refractivity contribution is 0.247. The molecule has 0 bridgehead atoms. The Morgan fingerprint density at radius 1 is 1.17 bits per heavy atom. The predicted octanol–water partition coefficient (Wildman–Crippen LogP) is 3.00. The van der Waals surface area contributed by atoms with Crippen LogP contribution in [0.5, 0.6) is 11.5 Å². The SMILES string of the molecule is N=C(N)NN=Cc1ccc(OCCCOc2ccccc2)c(Cl)c1. The molecule has 126 valence electrons. The van der Waals surface area contributed by atoms with Crippen molar-refractivity contribution in [3.8, 4) is 11.5 Å². The normalized spacial score (nSPS) is 10.5. The molecule has 6 nitrogen and oxygen atoms in total. The third kappa shape index (κ3) is 6.18. The number of hydrogen-bond acceptors (Lipinski definition) is 4. The molecular formula is C17H19ClN4O2. The van der Waals surface area contributed by atoms with Gasteiger partial charge >= 0.3 is 0 Å². The van der Waals surface area contributed by atoms with Crippen LogP contribution in [0.15, 0.2) is 53.6 Å². The van der Waals surface area contributed by atoms with E-state index >= 15 is 0 Å². The Hall–Kier alpha value is -2.73. The van der Waals surface area contributed by atoms with Gasteiger partial charge in [0.25, 0.3) is 0 Å². The Morgan fingerprint density at radius 3 is 2.62 bits per heavy atom. The van der Waals surface area contributed by atoms with Crippen molar-refractivity contribution in [1.29, 1.82) is 5.41 Å². The lowest BCUT2D eigenvalue weighted by Crippen LogP contribution is -2.25. The third-order valence-electron chi connectivity index (χ3n) is 2.91. The van der Waals surface area contributed by atoms with Crippen molar-refractivity contribution in [1.82, 2.24) is 5.43 Å². The zero-order chi connectivity index (χ0) is 17.2. The van der Waals surface area contributed by atoms with Gasteiger partial charge in [-0.15, -0.1) is 0 Å². The first-order valence-electron chi connectivity index (χ1n) is 7.38. The molecule has 0 heterocycles. The minimum atomic E-state index is -0.227. The van der Waals surface area contributed by atoms with Crippen molar-refractivity contribution in [3.05, 3.63) is 59.1 Å². The topological polar surface area (TPSA) is 92.7 Å². The number of nitrogens with zero attached hydrogens (tertiary/aromatic N) is 1. The summed E-state index contributed by atoms with van der Waals surface area (Å²) in [5.74, 6) is 1.22. The van der Waals surface area contributed by atoms with Gasteiger partial charge in [-0.25, -0.2) is 5.43 Å². The molecule has 0 unspecified atom stereocenters. The highest BCUT2D eigenvalue weighted by Gasteiger charge is 2.02. The molecule has 0 atom stereocenters. The number of guanidine groups is 1. The van der Waals surface area contributed by atoms with E-state index in [0.717, 1.165) is 17.7 Å². The van der Waals surface area contributed by atoms with Crippen molar-refractivity contribution in [2.24, 2.45) is 10.8 Å². The molecule has 0 aliphatic carbocycles. The van der Waals surface area contributed by atoms with E-state index in [1.165, 1.54) is 6.21 Å². The molecular weight excluding hydrogens is 328 g/mol. The number of ether oxygens (including phenoxy) is 2.